The number of anilines is 3. The molecule has 0 amide bonds. The van der Waals surface area contributed by atoms with E-state index in [4.69, 9.17) is 0 Å². The fraction of sp³-hybridized carbons (Fsp3) is 0.0154. The quantitative estimate of drug-likeness (QED) is 0.148. The van der Waals surface area contributed by atoms with E-state index >= 15 is 0 Å². The Bertz CT molecular complexity index is 3750. The van der Waals surface area contributed by atoms with Gasteiger partial charge in [-0.25, -0.2) is 0 Å². The lowest BCUT2D eigenvalue weighted by Crippen LogP contribution is -2.28. The number of hydrogen-bond donors (Lipinski definition) is 0. The minimum atomic E-state index is -0.512. The summed E-state index contributed by atoms with van der Waals surface area (Å²) in [4.78, 5) is 2.46. The average Bonchev–Trinajstić information content (AvgIpc) is 3.90. The fourth-order valence-electron chi connectivity index (χ4n) is 11.2. The van der Waals surface area contributed by atoms with Crippen molar-refractivity contribution in [1.82, 2.24) is 4.57 Å². The molecule has 0 saturated heterocycles. The van der Waals surface area contributed by atoms with Crippen LogP contribution in [-0.4, -0.2) is 4.57 Å². The lowest BCUT2D eigenvalue weighted by molar-refractivity contribution is 0.768. The zero-order valence-electron chi connectivity index (χ0n) is 36.8. The van der Waals surface area contributed by atoms with Gasteiger partial charge < -0.3 is 9.47 Å². The first-order chi connectivity index (χ1) is 33.3. The van der Waals surface area contributed by atoms with Gasteiger partial charge in [0.2, 0.25) is 0 Å². The van der Waals surface area contributed by atoms with Crippen molar-refractivity contribution in [3.8, 4) is 39.1 Å². The molecule has 1 aromatic heterocycles. The maximum Gasteiger partial charge on any atom is 0.0714 e. The highest BCUT2D eigenvalue weighted by atomic mass is 15.1. The lowest BCUT2D eigenvalue weighted by Gasteiger charge is -2.35. The number of aromatic nitrogens is 1. The van der Waals surface area contributed by atoms with Gasteiger partial charge in [-0.3, -0.25) is 0 Å². The Hall–Kier alpha value is -8.72. The van der Waals surface area contributed by atoms with Gasteiger partial charge in [0.1, 0.15) is 0 Å². The number of benzene rings is 11. The molecule has 2 heteroatoms. The highest BCUT2D eigenvalue weighted by Gasteiger charge is 2.46. The Balaban J connectivity index is 0.967. The Labute approximate surface area is 390 Å². The molecule has 1 aliphatic rings. The molecule has 0 fully saturated rings. The summed E-state index contributed by atoms with van der Waals surface area (Å²) in [7, 11) is 0. The van der Waals surface area contributed by atoms with Crippen LogP contribution in [0.2, 0.25) is 0 Å². The summed E-state index contributed by atoms with van der Waals surface area (Å²) in [5, 5.41) is 4.90. The third-order valence-electron chi connectivity index (χ3n) is 14.1. The van der Waals surface area contributed by atoms with Crippen LogP contribution in [0.5, 0.6) is 0 Å². The first-order valence-electron chi connectivity index (χ1n) is 23.2. The van der Waals surface area contributed by atoms with Crippen molar-refractivity contribution >= 4 is 49.6 Å². The summed E-state index contributed by atoms with van der Waals surface area (Å²) in [6.45, 7) is 0. The van der Waals surface area contributed by atoms with Crippen LogP contribution < -0.4 is 4.90 Å². The minimum absolute atomic E-state index is 0.512. The first kappa shape index (κ1) is 38.7. The molecule has 314 valence electrons. The van der Waals surface area contributed by atoms with Crippen LogP contribution in [0.1, 0.15) is 22.3 Å². The van der Waals surface area contributed by atoms with Crippen LogP contribution in [0.15, 0.2) is 267 Å². The highest BCUT2D eigenvalue weighted by molar-refractivity contribution is 6.11. The first-order valence-corrected chi connectivity index (χ1v) is 23.2. The van der Waals surface area contributed by atoms with Gasteiger partial charge in [-0.2, -0.15) is 0 Å². The Morgan fingerprint density at radius 1 is 0.313 bits per heavy atom. The summed E-state index contributed by atoms with van der Waals surface area (Å²) in [6, 6.07) is 98.1. The van der Waals surface area contributed by atoms with E-state index < -0.39 is 5.41 Å². The Kier molecular flexibility index (Phi) is 9.11. The standard InChI is InChI=1S/C65H44N2/c1-4-21-48(22-5-1)65(49-23-6-2-7-24-49)60-32-16-14-30-56(60)57-41-40-52(44-61(57)65)66(62-34-18-20-45-19-10-11-29-55(45)62)51-38-35-46(36-39-51)53-27-12-13-28-54(53)47-37-42-64-59(43-47)58-31-15-17-33-63(58)67(64)50-25-8-3-9-26-50/h1-44H. The van der Waals surface area contributed by atoms with E-state index in [0.29, 0.717) is 0 Å². The lowest BCUT2D eigenvalue weighted by atomic mass is 9.67. The molecule has 0 bridgehead atoms. The van der Waals surface area contributed by atoms with Crippen molar-refractivity contribution in [2.24, 2.45) is 0 Å². The number of nitrogens with zero attached hydrogens (tertiary/aromatic N) is 2. The van der Waals surface area contributed by atoms with E-state index in [1.807, 2.05) is 0 Å². The summed E-state index contributed by atoms with van der Waals surface area (Å²) < 4.78 is 2.38. The molecule has 0 saturated carbocycles. The van der Waals surface area contributed by atoms with Crippen LogP contribution >= 0.6 is 0 Å². The van der Waals surface area contributed by atoms with Crippen molar-refractivity contribution in [2.75, 3.05) is 4.90 Å². The Morgan fingerprint density at radius 3 is 1.60 bits per heavy atom. The molecule has 0 unspecified atom stereocenters. The number of fused-ring (bicyclic) bond motifs is 7. The van der Waals surface area contributed by atoms with Crippen molar-refractivity contribution in [2.45, 2.75) is 5.41 Å². The van der Waals surface area contributed by atoms with Crippen LogP contribution in [0.25, 0.3) is 71.6 Å². The third-order valence-corrected chi connectivity index (χ3v) is 14.1. The van der Waals surface area contributed by atoms with Gasteiger partial charge in [0.05, 0.1) is 22.1 Å². The molecule has 0 atom stereocenters. The molecule has 13 rings (SSSR count). The molecular formula is C65H44N2. The predicted octanol–water partition coefficient (Wildman–Crippen LogP) is 17.1. The molecule has 2 nitrogen and oxygen atoms in total. The highest BCUT2D eigenvalue weighted by Crippen LogP contribution is 2.57. The van der Waals surface area contributed by atoms with Crippen LogP contribution in [0.3, 0.4) is 0 Å². The van der Waals surface area contributed by atoms with Gasteiger partial charge >= 0.3 is 0 Å². The minimum Gasteiger partial charge on any atom is -0.310 e. The monoisotopic (exact) mass is 852 g/mol. The van der Waals surface area contributed by atoms with Crippen molar-refractivity contribution in [3.05, 3.63) is 289 Å². The maximum atomic E-state index is 2.46. The van der Waals surface area contributed by atoms with Gasteiger partial charge in [0.15, 0.2) is 0 Å². The summed E-state index contributed by atoms with van der Waals surface area (Å²) in [5.74, 6) is 0. The van der Waals surface area contributed by atoms with Gasteiger partial charge in [0, 0.05) is 33.2 Å². The molecule has 1 aliphatic carbocycles. The van der Waals surface area contributed by atoms with E-state index in [2.05, 4.69) is 276 Å². The summed E-state index contributed by atoms with van der Waals surface area (Å²) in [6.07, 6.45) is 0. The van der Waals surface area contributed by atoms with Gasteiger partial charge in [-0.15, -0.1) is 0 Å². The normalized spacial score (nSPS) is 12.6. The van der Waals surface area contributed by atoms with E-state index in [1.54, 1.807) is 0 Å². The third kappa shape index (κ3) is 6.11. The fourth-order valence-corrected chi connectivity index (χ4v) is 11.2. The van der Waals surface area contributed by atoms with Crippen molar-refractivity contribution in [1.29, 1.82) is 0 Å². The molecular weight excluding hydrogens is 809 g/mol. The van der Waals surface area contributed by atoms with Gasteiger partial charge in [0.25, 0.3) is 0 Å². The molecule has 67 heavy (non-hydrogen) atoms. The van der Waals surface area contributed by atoms with Gasteiger partial charge in [-0.05, 0) is 122 Å². The molecule has 0 aliphatic heterocycles. The zero-order chi connectivity index (χ0) is 44.3. The molecule has 0 spiro atoms. The second-order valence-electron chi connectivity index (χ2n) is 17.6. The number of hydrogen-bond acceptors (Lipinski definition) is 1. The van der Waals surface area contributed by atoms with E-state index in [9.17, 15) is 0 Å². The van der Waals surface area contributed by atoms with E-state index in [0.717, 1.165) is 22.7 Å². The molecule has 0 radical (unpaired) electrons. The van der Waals surface area contributed by atoms with E-state index in [-0.39, 0.29) is 0 Å². The SMILES string of the molecule is c1ccc(-n2c3ccccc3c3cc(-c4ccccc4-c4ccc(N(c5ccc6c(c5)C(c5ccccc5)(c5ccccc5)c5ccccc5-6)c5cccc6ccccc56)cc4)ccc32)cc1. The summed E-state index contributed by atoms with van der Waals surface area (Å²) >= 11 is 0. The largest absolute Gasteiger partial charge is 0.310 e. The zero-order valence-corrected chi connectivity index (χ0v) is 36.8. The smallest absolute Gasteiger partial charge is 0.0714 e. The van der Waals surface area contributed by atoms with Crippen molar-refractivity contribution < 1.29 is 0 Å². The molecule has 11 aromatic carbocycles. The van der Waals surface area contributed by atoms with Gasteiger partial charge in [-0.1, -0.05) is 206 Å². The number of para-hydroxylation sites is 2. The topological polar surface area (TPSA) is 8.17 Å². The van der Waals surface area contributed by atoms with E-state index in [1.165, 1.54) is 88.2 Å². The molecule has 12 aromatic rings. The number of rotatable bonds is 8. The summed E-state index contributed by atoms with van der Waals surface area (Å²) in [5.41, 5.74) is 18.8. The van der Waals surface area contributed by atoms with Crippen LogP contribution in [0.4, 0.5) is 17.1 Å². The predicted molar refractivity (Wildman–Crippen MR) is 281 cm³/mol. The van der Waals surface area contributed by atoms with Crippen LogP contribution in [0, 0.1) is 0 Å². The molecule has 1 heterocycles. The van der Waals surface area contributed by atoms with Crippen molar-refractivity contribution in [3.63, 3.8) is 0 Å². The molecule has 0 N–H and O–H groups in total. The Morgan fingerprint density at radius 2 is 0.851 bits per heavy atom. The second-order valence-corrected chi connectivity index (χ2v) is 17.6. The maximum absolute atomic E-state index is 2.46. The second kappa shape index (κ2) is 15.8. The average molecular weight is 853 g/mol. The van der Waals surface area contributed by atoms with Crippen LogP contribution in [-0.2, 0) is 5.41 Å².